The first-order chi connectivity index (χ1) is 8.06. The molecule has 1 heterocycles. The highest BCUT2D eigenvalue weighted by Crippen LogP contribution is 2.10. The average molecular weight is 241 g/mol. The van der Waals surface area contributed by atoms with E-state index in [1.54, 1.807) is 18.0 Å². The molecule has 0 N–H and O–H groups in total. The third-order valence-electron chi connectivity index (χ3n) is 2.10. The predicted molar refractivity (Wildman–Crippen MR) is 58.4 cm³/mol. The molecule has 0 unspecified atom stereocenters. The van der Waals surface area contributed by atoms with Crippen LogP contribution in [-0.2, 0) is 20.8 Å². The van der Waals surface area contributed by atoms with E-state index >= 15 is 0 Å². The molecule has 0 saturated heterocycles. The summed E-state index contributed by atoms with van der Waals surface area (Å²) in [5.41, 5.74) is 0. The molecule has 0 atom stereocenters. The second-order valence-electron chi connectivity index (χ2n) is 3.51. The number of ether oxygens (including phenoxy) is 2. The van der Waals surface area contributed by atoms with Crippen LogP contribution in [0, 0.1) is 0 Å². The van der Waals surface area contributed by atoms with Crippen molar-refractivity contribution in [2.75, 3.05) is 27.8 Å². The van der Waals surface area contributed by atoms with Crippen LogP contribution in [0.1, 0.15) is 16.3 Å². The van der Waals surface area contributed by atoms with Crippen molar-refractivity contribution in [3.8, 4) is 0 Å². The zero-order valence-electron chi connectivity index (χ0n) is 10.1. The van der Waals surface area contributed by atoms with E-state index in [4.69, 9.17) is 4.42 Å². The van der Waals surface area contributed by atoms with Crippen molar-refractivity contribution in [1.82, 2.24) is 4.90 Å². The van der Waals surface area contributed by atoms with Gasteiger partial charge in [-0.2, -0.15) is 0 Å². The molecule has 0 aromatic carbocycles. The maximum atomic E-state index is 11.1. The molecule has 0 aliphatic rings. The number of rotatable bonds is 5. The Kier molecular flexibility index (Phi) is 4.71. The molecule has 94 valence electrons. The largest absolute Gasteiger partial charge is 0.468 e. The molecular formula is C11H15NO5. The van der Waals surface area contributed by atoms with Gasteiger partial charge < -0.3 is 13.9 Å². The minimum Gasteiger partial charge on any atom is -0.468 e. The van der Waals surface area contributed by atoms with Crippen LogP contribution < -0.4 is 0 Å². The second-order valence-corrected chi connectivity index (χ2v) is 3.51. The molecule has 0 bridgehead atoms. The van der Waals surface area contributed by atoms with Gasteiger partial charge in [0, 0.05) is 0 Å². The van der Waals surface area contributed by atoms with Gasteiger partial charge in [-0.1, -0.05) is 0 Å². The highest BCUT2D eigenvalue weighted by molar-refractivity contribution is 5.86. The summed E-state index contributed by atoms with van der Waals surface area (Å²) >= 11 is 0. The molecule has 0 radical (unpaired) electrons. The third-order valence-corrected chi connectivity index (χ3v) is 2.10. The maximum Gasteiger partial charge on any atom is 0.373 e. The molecule has 0 aliphatic carbocycles. The number of carbonyl (C=O) groups is 2. The third kappa shape index (κ3) is 3.92. The van der Waals surface area contributed by atoms with E-state index in [1.165, 1.54) is 20.3 Å². The van der Waals surface area contributed by atoms with E-state index in [2.05, 4.69) is 9.47 Å². The van der Waals surface area contributed by atoms with Gasteiger partial charge in [-0.25, -0.2) is 4.79 Å². The van der Waals surface area contributed by atoms with Crippen LogP contribution in [0.4, 0.5) is 0 Å². The Balaban J connectivity index is 2.54. The summed E-state index contributed by atoms with van der Waals surface area (Å²) in [6.07, 6.45) is 0. The number of methoxy groups -OCH3 is 2. The van der Waals surface area contributed by atoms with Gasteiger partial charge in [0.05, 0.1) is 27.3 Å². The Bertz CT molecular complexity index is 398. The van der Waals surface area contributed by atoms with Crippen molar-refractivity contribution in [3.05, 3.63) is 23.7 Å². The van der Waals surface area contributed by atoms with Crippen LogP contribution in [0.2, 0.25) is 0 Å². The highest BCUT2D eigenvalue weighted by Gasteiger charge is 2.13. The van der Waals surface area contributed by atoms with E-state index in [1.807, 2.05) is 0 Å². The Morgan fingerprint density at radius 1 is 1.29 bits per heavy atom. The fourth-order valence-electron chi connectivity index (χ4n) is 1.28. The first-order valence-corrected chi connectivity index (χ1v) is 4.99. The van der Waals surface area contributed by atoms with Crippen molar-refractivity contribution in [1.29, 1.82) is 0 Å². The molecule has 1 rings (SSSR count). The van der Waals surface area contributed by atoms with E-state index in [9.17, 15) is 9.59 Å². The Morgan fingerprint density at radius 3 is 2.59 bits per heavy atom. The number of nitrogens with zero attached hydrogens (tertiary/aromatic N) is 1. The van der Waals surface area contributed by atoms with Crippen LogP contribution in [0.15, 0.2) is 16.5 Å². The normalized spacial score (nSPS) is 10.4. The first-order valence-electron chi connectivity index (χ1n) is 4.99. The predicted octanol–water partition coefficient (Wildman–Crippen LogP) is 0.671. The molecule has 0 aliphatic heterocycles. The van der Waals surface area contributed by atoms with Gasteiger partial charge in [0.2, 0.25) is 5.76 Å². The lowest BCUT2D eigenvalue weighted by molar-refractivity contribution is -0.141. The van der Waals surface area contributed by atoms with Crippen LogP contribution in [0.3, 0.4) is 0 Å². The number of likely N-dealkylation sites (N-methyl/N-ethyl adjacent to an activating group) is 1. The lowest BCUT2D eigenvalue weighted by Crippen LogP contribution is -2.26. The van der Waals surface area contributed by atoms with Crippen LogP contribution >= 0.6 is 0 Å². The van der Waals surface area contributed by atoms with Crippen molar-refractivity contribution >= 4 is 11.9 Å². The Morgan fingerprint density at radius 2 is 2.00 bits per heavy atom. The van der Waals surface area contributed by atoms with E-state index < -0.39 is 5.97 Å². The number of hydrogen-bond acceptors (Lipinski definition) is 6. The van der Waals surface area contributed by atoms with Crippen LogP contribution in [-0.4, -0.2) is 44.7 Å². The standard InChI is InChI=1S/C11H15NO5/c1-12(7-10(13)15-2)6-8-4-5-9(17-8)11(14)16-3/h4-5H,6-7H2,1-3H3. The molecule has 1 aromatic heterocycles. The van der Waals surface area contributed by atoms with Gasteiger partial charge in [-0.15, -0.1) is 0 Å². The zero-order valence-corrected chi connectivity index (χ0v) is 10.1. The monoisotopic (exact) mass is 241 g/mol. The van der Waals surface area contributed by atoms with Crippen LogP contribution in [0.5, 0.6) is 0 Å². The van der Waals surface area contributed by atoms with Gasteiger partial charge in [0.1, 0.15) is 5.76 Å². The number of furan rings is 1. The Labute approximate surface area is 99.1 Å². The summed E-state index contributed by atoms with van der Waals surface area (Å²) in [5.74, 6) is -0.120. The molecule has 17 heavy (non-hydrogen) atoms. The van der Waals surface area contributed by atoms with Crippen molar-refractivity contribution in [2.24, 2.45) is 0 Å². The molecule has 1 aromatic rings. The molecule has 0 fully saturated rings. The summed E-state index contributed by atoms with van der Waals surface area (Å²) in [6, 6.07) is 3.20. The van der Waals surface area contributed by atoms with Gasteiger partial charge >= 0.3 is 11.9 Å². The number of esters is 2. The van der Waals surface area contributed by atoms with Gasteiger partial charge in [0.25, 0.3) is 0 Å². The number of carbonyl (C=O) groups excluding carboxylic acids is 2. The number of hydrogen-bond donors (Lipinski definition) is 0. The van der Waals surface area contributed by atoms with Crippen LogP contribution in [0.25, 0.3) is 0 Å². The minimum atomic E-state index is -0.521. The average Bonchev–Trinajstić information content (AvgIpc) is 2.76. The minimum absolute atomic E-state index is 0.147. The van der Waals surface area contributed by atoms with Crippen molar-refractivity contribution in [2.45, 2.75) is 6.54 Å². The van der Waals surface area contributed by atoms with Gasteiger partial charge in [-0.3, -0.25) is 9.69 Å². The fraction of sp³-hybridized carbons (Fsp3) is 0.455. The van der Waals surface area contributed by atoms with E-state index in [-0.39, 0.29) is 18.3 Å². The Hall–Kier alpha value is -1.82. The fourth-order valence-corrected chi connectivity index (χ4v) is 1.28. The summed E-state index contributed by atoms with van der Waals surface area (Å²) in [5, 5.41) is 0. The summed E-state index contributed by atoms with van der Waals surface area (Å²) in [4.78, 5) is 23.9. The smallest absolute Gasteiger partial charge is 0.373 e. The molecule has 0 amide bonds. The zero-order chi connectivity index (χ0) is 12.8. The molecule has 0 spiro atoms. The van der Waals surface area contributed by atoms with Crippen molar-refractivity contribution in [3.63, 3.8) is 0 Å². The first kappa shape index (κ1) is 13.2. The quantitative estimate of drug-likeness (QED) is 0.706. The lowest BCUT2D eigenvalue weighted by atomic mass is 10.4. The summed E-state index contributed by atoms with van der Waals surface area (Å²) < 4.78 is 14.3. The summed E-state index contributed by atoms with van der Waals surface area (Å²) in [6.45, 7) is 0.566. The van der Waals surface area contributed by atoms with E-state index in [0.29, 0.717) is 12.3 Å². The molecule has 0 saturated carbocycles. The second kappa shape index (κ2) is 6.05. The molecule has 6 nitrogen and oxygen atoms in total. The van der Waals surface area contributed by atoms with Gasteiger partial charge in [-0.05, 0) is 19.2 Å². The van der Waals surface area contributed by atoms with Crippen molar-refractivity contribution < 1.29 is 23.5 Å². The lowest BCUT2D eigenvalue weighted by Gasteiger charge is -2.12. The maximum absolute atomic E-state index is 11.1. The topological polar surface area (TPSA) is 69.0 Å². The SMILES string of the molecule is COC(=O)CN(C)Cc1ccc(C(=O)OC)o1. The van der Waals surface area contributed by atoms with Gasteiger partial charge in [0.15, 0.2) is 0 Å². The molecule has 6 heteroatoms. The molecular weight excluding hydrogens is 226 g/mol. The summed E-state index contributed by atoms with van der Waals surface area (Å²) in [7, 11) is 4.36. The van der Waals surface area contributed by atoms with E-state index in [0.717, 1.165) is 0 Å². The highest BCUT2D eigenvalue weighted by atomic mass is 16.5.